The molecule has 0 spiro atoms. The second kappa shape index (κ2) is 20.8. The molecule has 8 aromatic rings. The molecule has 73 heavy (non-hydrogen) atoms. The number of fused-ring (bicyclic) bond motifs is 2. The van der Waals surface area contributed by atoms with Crippen molar-refractivity contribution < 1.29 is 19.1 Å². The van der Waals surface area contributed by atoms with Crippen LogP contribution in [0, 0.1) is 0 Å². The minimum atomic E-state index is -0.569. The van der Waals surface area contributed by atoms with E-state index >= 15 is 0 Å². The number of nitrogen functional groups attached to an aromatic ring is 2. The lowest BCUT2D eigenvalue weighted by Gasteiger charge is -2.24. The quantitative estimate of drug-likeness (QED) is 0.0861. The zero-order chi connectivity index (χ0) is 51.6. The van der Waals surface area contributed by atoms with Crippen molar-refractivity contribution in [3.63, 3.8) is 0 Å². The van der Waals surface area contributed by atoms with Gasteiger partial charge in [0.25, 0.3) is 11.8 Å². The number of anilines is 4. The third-order valence-corrected chi connectivity index (χ3v) is 12.8. The summed E-state index contributed by atoms with van der Waals surface area (Å²) in [6.45, 7) is 16.7. The molecule has 8 heterocycles. The van der Waals surface area contributed by atoms with Gasteiger partial charge in [0.1, 0.15) is 52.9 Å². The Hall–Kier alpha value is -8.39. The van der Waals surface area contributed by atoms with E-state index < -0.39 is 5.60 Å². The number of rotatable bonds is 10. The number of amides is 3. The van der Waals surface area contributed by atoms with Gasteiger partial charge in [-0.25, -0.2) is 44.1 Å². The fourth-order valence-corrected chi connectivity index (χ4v) is 8.87. The van der Waals surface area contributed by atoms with E-state index in [1.165, 1.54) is 12.7 Å². The van der Waals surface area contributed by atoms with Gasteiger partial charge >= 0.3 is 6.09 Å². The van der Waals surface area contributed by atoms with Gasteiger partial charge in [0.15, 0.2) is 11.3 Å². The molecule has 0 bridgehead atoms. The van der Waals surface area contributed by atoms with Crippen LogP contribution in [-0.2, 0) is 4.74 Å². The Morgan fingerprint density at radius 3 is 1.58 bits per heavy atom. The third-order valence-electron chi connectivity index (χ3n) is 12.8. The maximum atomic E-state index is 12.9. The van der Waals surface area contributed by atoms with Crippen LogP contribution in [0.3, 0.4) is 0 Å². The second-order valence-electron chi connectivity index (χ2n) is 19.8. The SMILES string of the molecule is CC(C)c1ccnc(NC(=O)c2ccc(-c3nn([C@@H]4CCN(C(=O)OC(C)(C)C)C4)c4ncnc(N)c34)cc2)c1.CC(C)c1ccnc(NC(=O)c2ccc(-c3nn([C@@H]4CCNC4)c4ncnc(N)c34)cc2)c1. The van der Waals surface area contributed by atoms with Gasteiger partial charge in [-0.3, -0.25) is 9.59 Å². The van der Waals surface area contributed by atoms with Crippen LogP contribution in [0.25, 0.3) is 44.6 Å². The van der Waals surface area contributed by atoms with Gasteiger partial charge in [0.2, 0.25) is 0 Å². The zero-order valence-corrected chi connectivity index (χ0v) is 42.0. The molecule has 2 aromatic carbocycles. The number of nitrogens with two attached hydrogens (primary N) is 2. The Balaban J connectivity index is 0.000000183. The van der Waals surface area contributed by atoms with E-state index in [1.54, 1.807) is 41.6 Å². The average molecular weight is 985 g/mol. The molecule has 10 rings (SSSR count). The lowest BCUT2D eigenvalue weighted by Crippen LogP contribution is -2.35. The monoisotopic (exact) mass is 984 g/mol. The molecule has 0 saturated carbocycles. The molecule has 20 heteroatoms. The molecular weight excluding hydrogens is 925 g/mol. The number of hydrogen-bond donors (Lipinski definition) is 5. The predicted molar refractivity (Wildman–Crippen MR) is 281 cm³/mol. The van der Waals surface area contributed by atoms with Gasteiger partial charge in [0.05, 0.1) is 22.9 Å². The van der Waals surface area contributed by atoms with E-state index in [4.69, 9.17) is 26.4 Å². The molecule has 2 aliphatic heterocycles. The van der Waals surface area contributed by atoms with Crippen LogP contribution in [0.15, 0.2) is 97.8 Å². The molecule has 6 aromatic heterocycles. The standard InChI is InChI=1S/C29H34N8O3.C24H26N8O/c1-17(2)20-10-12-31-22(14-20)34-27(38)19-8-6-18(7-9-19)24-23-25(30)32-16-33-26(23)37(35-24)21-11-13-36(15-21)28(39)40-29(3,4)5;1-14(2)17-7-10-27-19(11-17)30-24(33)16-5-3-15(4-6-16)21-20-22(25)28-13-29-23(20)32(31-21)18-8-9-26-12-18/h6-10,12,14,16-17,21H,11,13,15H2,1-5H3,(H2,30,32,33)(H,31,34,38);3-7,10-11,13-14,18,26H,8-9,12H2,1-2H3,(H2,25,28,29)(H,27,30,33)/t21-;18-/m11/s1. The van der Waals surface area contributed by atoms with E-state index in [9.17, 15) is 14.4 Å². The zero-order valence-electron chi connectivity index (χ0n) is 42.0. The van der Waals surface area contributed by atoms with Crippen molar-refractivity contribution >= 4 is 63.2 Å². The van der Waals surface area contributed by atoms with Gasteiger partial charge in [-0.2, -0.15) is 10.2 Å². The van der Waals surface area contributed by atoms with Gasteiger partial charge in [0, 0.05) is 54.3 Å². The van der Waals surface area contributed by atoms with Crippen molar-refractivity contribution in [3.05, 3.63) is 120 Å². The first kappa shape index (κ1) is 49.6. The lowest BCUT2D eigenvalue weighted by molar-refractivity contribution is 0.0288. The minimum absolute atomic E-state index is 0.0998. The summed E-state index contributed by atoms with van der Waals surface area (Å²) in [7, 11) is 0. The Morgan fingerprint density at radius 2 is 1.14 bits per heavy atom. The van der Waals surface area contributed by atoms with Crippen LogP contribution in [-0.4, -0.2) is 104 Å². The highest BCUT2D eigenvalue weighted by Gasteiger charge is 2.33. The van der Waals surface area contributed by atoms with Crippen LogP contribution < -0.4 is 27.4 Å². The number of benzene rings is 2. The summed E-state index contributed by atoms with van der Waals surface area (Å²) in [5, 5.41) is 20.2. The summed E-state index contributed by atoms with van der Waals surface area (Å²) in [6.07, 6.45) is 7.62. The Kier molecular flexibility index (Phi) is 14.1. The fraction of sp³-hybridized carbons (Fsp3) is 0.340. The number of carbonyl (C=O) groups is 3. The molecule has 2 saturated heterocycles. The Bertz CT molecular complexity index is 3300. The number of likely N-dealkylation sites (tertiary alicyclic amines) is 1. The molecule has 376 valence electrons. The third kappa shape index (κ3) is 10.9. The van der Waals surface area contributed by atoms with Gasteiger partial charge in [-0.1, -0.05) is 52.0 Å². The van der Waals surface area contributed by atoms with Crippen molar-refractivity contribution in [1.82, 2.24) is 59.7 Å². The molecule has 0 radical (unpaired) electrons. The lowest BCUT2D eigenvalue weighted by atomic mass is 10.0. The first-order valence-corrected chi connectivity index (χ1v) is 24.4. The molecular formula is C53H60N16O4. The molecule has 2 aliphatic rings. The number of pyridine rings is 2. The summed E-state index contributed by atoms with van der Waals surface area (Å²) in [4.78, 5) is 65.8. The number of hydrogen-bond acceptors (Lipinski definition) is 15. The minimum Gasteiger partial charge on any atom is -0.444 e. The van der Waals surface area contributed by atoms with Crippen LogP contribution >= 0.6 is 0 Å². The largest absolute Gasteiger partial charge is 0.444 e. The first-order chi connectivity index (χ1) is 35.0. The number of carbonyl (C=O) groups excluding carboxylic acids is 3. The smallest absolute Gasteiger partial charge is 0.410 e. The van der Waals surface area contributed by atoms with E-state index in [0.717, 1.165) is 52.8 Å². The van der Waals surface area contributed by atoms with E-state index in [1.807, 2.05) is 78.7 Å². The fourth-order valence-electron chi connectivity index (χ4n) is 8.87. The summed E-state index contributed by atoms with van der Waals surface area (Å²) in [5.74, 6) is 1.96. The molecule has 2 fully saturated rings. The molecule has 0 aliphatic carbocycles. The van der Waals surface area contributed by atoms with E-state index in [0.29, 0.717) is 88.2 Å². The highest BCUT2D eigenvalue weighted by Crippen LogP contribution is 2.36. The molecule has 7 N–H and O–H groups in total. The normalized spacial score (nSPS) is 15.7. The summed E-state index contributed by atoms with van der Waals surface area (Å²) in [5.41, 5.74) is 19.4. The highest BCUT2D eigenvalue weighted by atomic mass is 16.6. The van der Waals surface area contributed by atoms with Crippen LogP contribution in [0.5, 0.6) is 0 Å². The van der Waals surface area contributed by atoms with Crippen LogP contribution in [0.4, 0.5) is 28.1 Å². The summed E-state index contributed by atoms with van der Waals surface area (Å²) < 4.78 is 9.31. The van der Waals surface area contributed by atoms with E-state index in [2.05, 4.69) is 73.5 Å². The molecule has 3 amide bonds. The number of ether oxygens (including phenoxy) is 1. The van der Waals surface area contributed by atoms with Crippen molar-refractivity contribution in [3.8, 4) is 22.5 Å². The Labute approximate surface area is 422 Å². The maximum Gasteiger partial charge on any atom is 0.410 e. The van der Waals surface area contributed by atoms with Crippen LogP contribution in [0.1, 0.15) is 117 Å². The Morgan fingerprint density at radius 1 is 0.658 bits per heavy atom. The maximum absolute atomic E-state index is 12.9. The predicted octanol–water partition coefficient (Wildman–Crippen LogP) is 8.41. The topological polar surface area (TPSA) is 265 Å². The van der Waals surface area contributed by atoms with Crippen molar-refractivity contribution in [2.75, 3.05) is 48.3 Å². The van der Waals surface area contributed by atoms with Crippen molar-refractivity contribution in [1.29, 1.82) is 0 Å². The summed E-state index contributed by atoms with van der Waals surface area (Å²) >= 11 is 0. The van der Waals surface area contributed by atoms with Gasteiger partial charge < -0.3 is 37.1 Å². The second-order valence-corrected chi connectivity index (χ2v) is 19.8. The molecule has 0 unspecified atom stereocenters. The van der Waals surface area contributed by atoms with Gasteiger partial charge in [-0.05, 0) is 112 Å². The number of aromatic nitrogens is 10. The van der Waals surface area contributed by atoms with Gasteiger partial charge in [-0.15, -0.1) is 0 Å². The number of nitrogens with zero attached hydrogens (tertiary/aromatic N) is 11. The van der Waals surface area contributed by atoms with Crippen molar-refractivity contribution in [2.24, 2.45) is 0 Å². The average Bonchev–Trinajstić information content (AvgIpc) is 4.21. The molecule has 2 atom stereocenters. The highest BCUT2D eigenvalue weighted by molar-refractivity contribution is 6.06. The van der Waals surface area contributed by atoms with Crippen molar-refractivity contribution in [2.45, 2.75) is 90.8 Å². The number of nitrogens with one attached hydrogen (secondary N) is 3. The summed E-state index contributed by atoms with van der Waals surface area (Å²) in [6, 6.07) is 22.2. The molecule has 20 nitrogen and oxygen atoms in total. The van der Waals surface area contributed by atoms with E-state index in [-0.39, 0.29) is 30.0 Å². The van der Waals surface area contributed by atoms with Crippen LogP contribution in [0.2, 0.25) is 0 Å². The first-order valence-electron chi connectivity index (χ1n) is 24.4.